The van der Waals surface area contributed by atoms with Gasteiger partial charge < -0.3 is 4.74 Å². The smallest absolute Gasteiger partial charge is 0.262 e. The van der Waals surface area contributed by atoms with Gasteiger partial charge in [0, 0.05) is 6.07 Å². The lowest BCUT2D eigenvalue weighted by molar-refractivity contribution is 0.483. The molecule has 0 atom stereocenters. The summed E-state index contributed by atoms with van der Waals surface area (Å²) in [5.41, 5.74) is 0.234. The number of nitrogens with one attached hydrogen (secondary N) is 1. The second-order valence-electron chi connectivity index (χ2n) is 5.12. The van der Waals surface area contributed by atoms with E-state index in [1.165, 1.54) is 12.1 Å². The lowest BCUT2D eigenvalue weighted by Gasteiger charge is -2.10. The molecule has 0 amide bonds. The van der Waals surface area contributed by atoms with Gasteiger partial charge in [0.1, 0.15) is 11.5 Å². The molecule has 3 aromatic rings. The van der Waals surface area contributed by atoms with Gasteiger partial charge in [-0.15, -0.1) is 0 Å². The summed E-state index contributed by atoms with van der Waals surface area (Å²) < 4.78 is 58.8. The van der Waals surface area contributed by atoms with Crippen LogP contribution in [0.4, 0.5) is 14.5 Å². The first-order valence-corrected chi connectivity index (χ1v) is 8.73. The molecular weight excluding hydrogens is 348 g/mol. The fraction of sp³-hybridized carbons (Fsp3) is 0. The van der Waals surface area contributed by atoms with Crippen LogP contribution in [0.3, 0.4) is 0 Å². The fourth-order valence-corrected chi connectivity index (χ4v) is 3.17. The van der Waals surface area contributed by atoms with Crippen molar-refractivity contribution in [1.82, 2.24) is 0 Å². The number of anilines is 1. The molecule has 0 unspecified atom stereocenters. The molecule has 0 saturated heterocycles. The maximum atomic E-state index is 13.3. The van der Waals surface area contributed by atoms with E-state index in [1.54, 1.807) is 24.3 Å². The first-order chi connectivity index (χ1) is 11.9. The first-order valence-electron chi connectivity index (χ1n) is 7.25. The van der Waals surface area contributed by atoms with Crippen LogP contribution in [0.5, 0.6) is 11.5 Å². The third-order valence-corrected chi connectivity index (χ3v) is 4.65. The van der Waals surface area contributed by atoms with Crippen molar-refractivity contribution < 1.29 is 21.9 Å². The quantitative estimate of drug-likeness (QED) is 0.725. The zero-order valence-corrected chi connectivity index (χ0v) is 13.6. The molecule has 0 bridgehead atoms. The summed E-state index contributed by atoms with van der Waals surface area (Å²) in [6.07, 6.45) is 0. The Morgan fingerprint density at radius 2 is 1.48 bits per heavy atom. The number of rotatable bonds is 5. The minimum atomic E-state index is -4.05. The molecule has 7 heteroatoms. The second-order valence-corrected chi connectivity index (χ2v) is 6.81. The second kappa shape index (κ2) is 6.90. The highest BCUT2D eigenvalue weighted by atomic mass is 32.2. The number of benzene rings is 3. The Morgan fingerprint density at radius 1 is 0.760 bits per heavy atom. The van der Waals surface area contributed by atoms with Crippen LogP contribution in [-0.2, 0) is 10.0 Å². The Bertz CT molecular complexity index is 992. The van der Waals surface area contributed by atoms with E-state index >= 15 is 0 Å². The molecule has 3 rings (SSSR count). The van der Waals surface area contributed by atoms with Crippen LogP contribution in [0.1, 0.15) is 0 Å². The van der Waals surface area contributed by atoms with Crippen molar-refractivity contribution in [3.63, 3.8) is 0 Å². The average Bonchev–Trinajstić information content (AvgIpc) is 2.58. The van der Waals surface area contributed by atoms with E-state index in [1.807, 2.05) is 18.2 Å². The Balaban J connectivity index is 1.82. The molecule has 3 aromatic carbocycles. The maximum Gasteiger partial charge on any atom is 0.262 e. The van der Waals surface area contributed by atoms with Gasteiger partial charge in [-0.05, 0) is 42.5 Å². The number of sulfonamides is 1. The molecule has 0 aliphatic rings. The Labute approximate surface area is 143 Å². The van der Waals surface area contributed by atoms with Crippen LogP contribution in [0.25, 0.3) is 0 Å². The van der Waals surface area contributed by atoms with Crippen molar-refractivity contribution in [2.45, 2.75) is 4.90 Å². The van der Waals surface area contributed by atoms with Crippen LogP contribution in [0.2, 0.25) is 0 Å². The summed E-state index contributed by atoms with van der Waals surface area (Å²) in [4.78, 5) is -0.374. The molecule has 0 spiro atoms. The number of hydrogen-bond donors (Lipinski definition) is 1. The lowest BCUT2D eigenvalue weighted by atomic mass is 10.3. The highest BCUT2D eigenvalue weighted by Crippen LogP contribution is 2.25. The lowest BCUT2D eigenvalue weighted by Crippen LogP contribution is -2.13. The summed E-state index contributed by atoms with van der Waals surface area (Å²) >= 11 is 0. The standard InChI is InChI=1S/C18H13F2NO3S/c19-17-10-9-16(12-18(17)20)25(22,23)21-13-5-4-8-15(11-13)24-14-6-2-1-3-7-14/h1-12,21H. The molecule has 4 nitrogen and oxygen atoms in total. The van der Waals surface area contributed by atoms with Crippen molar-refractivity contribution in [3.05, 3.63) is 84.4 Å². The average molecular weight is 361 g/mol. The third-order valence-electron chi connectivity index (χ3n) is 3.27. The van der Waals surface area contributed by atoms with Crippen molar-refractivity contribution >= 4 is 15.7 Å². The number of halogens is 2. The number of ether oxygens (including phenoxy) is 1. The van der Waals surface area contributed by atoms with E-state index in [0.717, 1.165) is 12.1 Å². The number of para-hydroxylation sites is 1. The highest BCUT2D eigenvalue weighted by molar-refractivity contribution is 7.92. The van der Waals surface area contributed by atoms with Gasteiger partial charge in [-0.25, -0.2) is 17.2 Å². The Morgan fingerprint density at radius 3 is 2.20 bits per heavy atom. The predicted molar refractivity (Wildman–Crippen MR) is 90.1 cm³/mol. The minimum Gasteiger partial charge on any atom is -0.457 e. The summed E-state index contributed by atoms with van der Waals surface area (Å²) in [7, 11) is -4.05. The Hall–Kier alpha value is -2.93. The van der Waals surface area contributed by atoms with Crippen LogP contribution in [0, 0.1) is 11.6 Å². The van der Waals surface area contributed by atoms with Crippen molar-refractivity contribution in [2.24, 2.45) is 0 Å². The van der Waals surface area contributed by atoms with E-state index in [4.69, 9.17) is 4.74 Å². The van der Waals surface area contributed by atoms with Gasteiger partial charge in [-0.2, -0.15) is 0 Å². The van der Waals surface area contributed by atoms with Gasteiger partial charge in [-0.3, -0.25) is 4.72 Å². The summed E-state index contributed by atoms with van der Waals surface area (Å²) in [6, 6.07) is 17.7. The molecule has 0 aliphatic carbocycles. The zero-order chi connectivity index (χ0) is 17.9. The van der Waals surface area contributed by atoms with E-state index in [0.29, 0.717) is 17.6 Å². The highest BCUT2D eigenvalue weighted by Gasteiger charge is 2.17. The molecule has 128 valence electrons. The van der Waals surface area contributed by atoms with Gasteiger partial charge in [0.15, 0.2) is 11.6 Å². The maximum absolute atomic E-state index is 13.3. The first kappa shape index (κ1) is 16.9. The van der Waals surface area contributed by atoms with E-state index in [-0.39, 0.29) is 10.6 Å². The molecule has 1 N–H and O–H groups in total. The summed E-state index contributed by atoms with van der Waals surface area (Å²) in [6.45, 7) is 0. The minimum absolute atomic E-state index is 0.234. The summed E-state index contributed by atoms with van der Waals surface area (Å²) in [5.74, 6) is -1.32. The number of hydrogen-bond acceptors (Lipinski definition) is 3. The van der Waals surface area contributed by atoms with Crippen molar-refractivity contribution in [3.8, 4) is 11.5 Å². The molecular formula is C18H13F2NO3S. The topological polar surface area (TPSA) is 55.4 Å². The van der Waals surface area contributed by atoms with E-state index in [9.17, 15) is 17.2 Å². The molecule has 0 aliphatic heterocycles. The van der Waals surface area contributed by atoms with Crippen molar-refractivity contribution in [2.75, 3.05) is 4.72 Å². The molecule has 0 saturated carbocycles. The van der Waals surface area contributed by atoms with Gasteiger partial charge in [0.25, 0.3) is 10.0 Å². The van der Waals surface area contributed by atoms with Gasteiger partial charge in [0.2, 0.25) is 0 Å². The molecule has 0 radical (unpaired) electrons. The van der Waals surface area contributed by atoms with Crippen LogP contribution < -0.4 is 9.46 Å². The van der Waals surface area contributed by atoms with Crippen molar-refractivity contribution in [1.29, 1.82) is 0 Å². The van der Waals surface area contributed by atoms with Crippen LogP contribution in [0.15, 0.2) is 77.7 Å². The van der Waals surface area contributed by atoms with Gasteiger partial charge in [-0.1, -0.05) is 24.3 Å². The third kappa shape index (κ3) is 4.13. The predicted octanol–water partition coefficient (Wildman–Crippen LogP) is 4.56. The van der Waals surface area contributed by atoms with Gasteiger partial charge in [0.05, 0.1) is 10.6 Å². The van der Waals surface area contributed by atoms with E-state index in [2.05, 4.69) is 4.72 Å². The summed E-state index contributed by atoms with van der Waals surface area (Å²) in [5, 5.41) is 0. The van der Waals surface area contributed by atoms with E-state index < -0.39 is 21.7 Å². The molecule has 0 heterocycles. The molecule has 0 fully saturated rings. The Kier molecular flexibility index (Phi) is 4.67. The SMILES string of the molecule is O=S(=O)(Nc1cccc(Oc2ccccc2)c1)c1ccc(F)c(F)c1. The van der Waals surface area contributed by atoms with Crippen LogP contribution >= 0.6 is 0 Å². The normalized spacial score (nSPS) is 11.1. The molecule has 25 heavy (non-hydrogen) atoms. The largest absolute Gasteiger partial charge is 0.457 e. The van der Waals surface area contributed by atoms with Gasteiger partial charge >= 0.3 is 0 Å². The monoisotopic (exact) mass is 361 g/mol. The van der Waals surface area contributed by atoms with Crippen LogP contribution in [-0.4, -0.2) is 8.42 Å². The zero-order valence-electron chi connectivity index (χ0n) is 12.8. The molecule has 0 aromatic heterocycles. The fourth-order valence-electron chi connectivity index (χ4n) is 2.11.